The van der Waals surface area contributed by atoms with Crippen LogP contribution in [0.1, 0.15) is 348 Å². The SMILES string of the molecule is CCCCCCCCCCCCCCCCCC/C=C/C(O)C(CO)NC(=O)CCCCCCCCCCC/C=C\C/C=C\CCCCCCCCCCCOC(=O)CCCCCCCCCCCCCC. The number of carbonyl (C=O) groups excluding carboxylic acids is 2. The molecule has 0 aliphatic rings. The van der Waals surface area contributed by atoms with Crippen LogP contribution in [0.4, 0.5) is 0 Å². The van der Waals surface area contributed by atoms with E-state index in [1.807, 2.05) is 6.08 Å². The molecule has 0 saturated heterocycles. The van der Waals surface area contributed by atoms with E-state index in [4.69, 9.17) is 4.74 Å². The molecule has 0 spiro atoms. The van der Waals surface area contributed by atoms with E-state index in [2.05, 4.69) is 43.5 Å². The van der Waals surface area contributed by atoms with Gasteiger partial charge in [-0.25, -0.2) is 0 Å². The first-order chi connectivity index (χ1) is 35.5. The van der Waals surface area contributed by atoms with Crippen LogP contribution in [0.2, 0.25) is 0 Å². The van der Waals surface area contributed by atoms with E-state index in [9.17, 15) is 19.8 Å². The second-order valence-electron chi connectivity index (χ2n) is 22.1. The molecule has 0 aliphatic carbocycles. The number of nitrogens with one attached hydrogen (secondary N) is 1. The van der Waals surface area contributed by atoms with Crippen LogP contribution in [0.15, 0.2) is 36.5 Å². The molecule has 1 amide bonds. The molecule has 2 unspecified atom stereocenters. The van der Waals surface area contributed by atoms with Crippen LogP contribution < -0.4 is 5.32 Å². The van der Waals surface area contributed by atoms with E-state index < -0.39 is 12.1 Å². The van der Waals surface area contributed by atoms with Gasteiger partial charge in [0.1, 0.15) is 0 Å². The molecule has 0 bridgehead atoms. The lowest BCUT2D eigenvalue weighted by atomic mass is 10.0. The maximum atomic E-state index is 12.5. The molecule has 3 N–H and O–H groups in total. The quantitative estimate of drug-likeness (QED) is 0.0320. The van der Waals surface area contributed by atoms with Gasteiger partial charge in [0, 0.05) is 12.8 Å². The maximum absolute atomic E-state index is 12.5. The van der Waals surface area contributed by atoms with Crippen LogP contribution in [0.5, 0.6) is 0 Å². The highest BCUT2D eigenvalue weighted by Crippen LogP contribution is 2.17. The zero-order valence-corrected chi connectivity index (χ0v) is 48.4. The van der Waals surface area contributed by atoms with E-state index in [0.717, 1.165) is 44.9 Å². The molecule has 0 aromatic carbocycles. The highest BCUT2D eigenvalue weighted by Gasteiger charge is 2.18. The minimum absolute atomic E-state index is 0.00936. The third-order valence-electron chi connectivity index (χ3n) is 14.9. The van der Waals surface area contributed by atoms with Gasteiger partial charge in [-0.05, 0) is 64.2 Å². The van der Waals surface area contributed by atoms with Crippen molar-refractivity contribution in [2.45, 2.75) is 360 Å². The summed E-state index contributed by atoms with van der Waals surface area (Å²) < 4.78 is 5.47. The number of esters is 1. The van der Waals surface area contributed by atoms with Gasteiger partial charge in [0.15, 0.2) is 0 Å². The van der Waals surface area contributed by atoms with Crippen LogP contribution in [0, 0.1) is 0 Å². The fourth-order valence-electron chi connectivity index (χ4n) is 9.96. The van der Waals surface area contributed by atoms with Gasteiger partial charge in [-0.3, -0.25) is 9.59 Å². The Balaban J connectivity index is 3.46. The lowest BCUT2D eigenvalue weighted by Gasteiger charge is -2.20. The largest absolute Gasteiger partial charge is 0.466 e. The van der Waals surface area contributed by atoms with Crippen molar-refractivity contribution in [2.75, 3.05) is 13.2 Å². The predicted molar refractivity (Wildman–Crippen MR) is 315 cm³/mol. The maximum Gasteiger partial charge on any atom is 0.305 e. The molecule has 424 valence electrons. The van der Waals surface area contributed by atoms with Gasteiger partial charge >= 0.3 is 5.97 Å². The van der Waals surface area contributed by atoms with Crippen molar-refractivity contribution in [3.8, 4) is 0 Å². The molecule has 6 heteroatoms. The number of amides is 1. The normalized spacial score (nSPS) is 12.8. The van der Waals surface area contributed by atoms with E-state index in [1.54, 1.807) is 6.08 Å². The smallest absolute Gasteiger partial charge is 0.305 e. The van der Waals surface area contributed by atoms with Gasteiger partial charge in [-0.15, -0.1) is 0 Å². The molecule has 0 aromatic heterocycles. The molecule has 0 saturated carbocycles. The van der Waals surface area contributed by atoms with Gasteiger partial charge in [0.25, 0.3) is 0 Å². The van der Waals surface area contributed by atoms with Crippen molar-refractivity contribution >= 4 is 11.9 Å². The number of aliphatic hydroxyl groups is 2. The van der Waals surface area contributed by atoms with E-state index in [0.29, 0.717) is 19.4 Å². The van der Waals surface area contributed by atoms with Crippen LogP contribution in [0.3, 0.4) is 0 Å². The number of aliphatic hydroxyl groups excluding tert-OH is 2. The third-order valence-corrected chi connectivity index (χ3v) is 14.9. The minimum Gasteiger partial charge on any atom is -0.466 e. The lowest BCUT2D eigenvalue weighted by molar-refractivity contribution is -0.143. The number of allylic oxidation sites excluding steroid dienone is 5. The van der Waals surface area contributed by atoms with Crippen molar-refractivity contribution in [1.82, 2.24) is 5.32 Å². The standard InChI is InChI=1S/C66H125NO5/c1-3-5-7-9-11-13-15-17-18-19-29-32-35-38-42-46-50-54-58-64(69)63(62-68)67-65(70)59-55-51-47-43-39-36-33-30-27-25-23-21-20-22-24-26-28-31-34-37-41-45-49-53-57-61-72-66(71)60-56-52-48-44-40-16-14-12-10-8-6-4-2/h21-24,54,58,63-64,68-69H,3-20,25-53,55-57,59-62H2,1-2H3,(H,67,70)/b23-21-,24-22-,58-54+. The average Bonchev–Trinajstić information content (AvgIpc) is 3.38. The summed E-state index contributed by atoms with van der Waals surface area (Å²) in [4.78, 5) is 24.5. The summed E-state index contributed by atoms with van der Waals surface area (Å²) in [7, 11) is 0. The first kappa shape index (κ1) is 70.1. The van der Waals surface area contributed by atoms with Gasteiger partial charge in [0.05, 0.1) is 25.4 Å². The Bertz CT molecular complexity index is 1170. The highest BCUT2D eigenvalue weighted by molar-refractivity contribution is 5.76. The fourth-order valence-corrected chi connectivity index (χ4v) is 9.96. The number of hydrogen-bond donors (Lipinski definition) is 3. The number of rotatable bonds is 60. The number of unbranched alkanes of at least 4 members (excludes halogenated alkanes) is 45. The van der Waals surface area contributed by atoms with Crippen molar-refractivity contribution < 1.29 is 24.5 Å². The van der Waals surface area contributed by atoms with E-state index in [-0.39, 0.29) is 18.5 Å². The summed E-state index contributed by atoms with van der Waals surface area (Å²) in [5, 5.41) is 23.2. The van der Waals surface area contributed by atoms with Crippen LogP contribution in [-0.2, 0) is 14.3 Å². The summed E-state index contributed by atoms with van der Waals surface area (Å²) in [6.07, 6.45) is 77.6. The Hall–Kier alpha value is -1.92. The van der Waals surface area contributed by atoms with Gasteiger partial charge in [-0.2, -0.15) is 0 Å². The Morgan fingerprint density at radius 3 is 1.06 bits per heavy atom. The second-order valence-corrected chi connectivity index (χ2v) is 22.1. The zero-order valence-electron chi connectivity index (χ0n) is 48.4. The summed E-state index contributed by atoms with van der Waals surface area (Å²) in [5.41, 5.74) is 0. The number of ether oxygens (including phenoxy) is 1. The van der Waals surface area contributed by atoms with E-state index >= 15 is 0 Å². The first-order valence-electron chi connectivity index (χ1n) is 32.3. The highest BCUT2D eigenvalue weighted by atomic mass is 16.5. The Labute approximate surface area is 449 Å². The molecule has 6 nitrogen and oxygen atoms in total. The van der Waals surface area contributed by atoms with Gasteiger partial charge in [0.2, 0.25) is 5.91 Å². The molecule has 0 rings (SSSR count). The monoisotopic (exact) mass is 1010 g/mol. The summed E-state index contributed by atoms with van der Waals surface area (Å²) in [6, 6.07) is -0.633. The molecule has 0 fully saturated rings. The topological polar surface area (TPSA) is 95.9 Å². The molecule has 2 atom stereocenters. The van der Waals surface area contributed by atoms with Crippen molar-refractivity contribution in [3.63, 3.8) is 0 Å². The molecule has 72 heavy (non-hydrogen) atoms. The Morgan fingerprint density at radius 1 is 0.389 bits per heavy atom. The van der Waals surface area contributed by atoms with Gasteiger partial charge in [-0.1, -0.05) is 307 Å². The zero-order chi connectivity index (χ0) is 52.2. The van der Waals surface area contributed by atoms with Crippen LogP contribution in [0.25, 0.3) is 0 Å². The summed E-state index contributed by atoms with van der Waals surface area (Å²) in [6.45, 7) is 4.92. The molecule has 0 heterocycles. The summed E-state index contributed by atoms with van der Waals surface area (Å²) >= 11 is 0. The lowest BCUT2D eigenvalue weighted by Crippen LogP contribution is -2.45. The predicted octanol–water partition coefficient (Wildman–Crippen LogP) is 20.4. The Kier molecular flexibility index (Phi) is 60.0. The summed E-state index contributed by atoms with van der Waals surface area (Å²) in [5.74, 6) is -0.0625. The Morgan fingerprint density at radius 2 is 0.694 bits per heavy atom. The van der Waals surface area contributed by atoms with Crippen LogP contribution in [-0.4, -0.2) is 47.4 Å². The number of hydrogen-bond acceptors (Lipinski definition) is 5. The molecule has 0 aromatic rings. The number of carbonyl (C=O) groups is 2. The van der Waals surface area contributed by atoms with E-state index in [1.165, 1.54) is 276 Å². The fraction of sp³-hybridized carbons (Fsp3) is 0.879. The molecular formula is C66H125NO5. The van der Waals surface area contributed by atoms with Crippen molar-refractivity contribution in [1.29, 1.82) is 0 Å². The van der Waals surface area contributed by atoms with Crippen molar-refractivity contribution in [3.05, 3.63) is 36.5 Å². The average molecular weight is 1010 g/mol. The van der Waals surface area contributed by atoms with Crippen LogP contribution >= 0.6 is 0 Å². The molecule has 0 radical (unpaired) electrons. The molecular weight excluding hydrogens is 887 g/mol. The minimum atomic E-state index is -0.849. The molecule has 0 aliphatic heterocycles. The van der Waals surface area contributed by atoms with Gasteiger partial charge < -0.3 is 20.3 Å². The van der Waals surface area contributed by atoms with Crippen molar-refractivity contribution in [2.24, 2.45) is 0 Å². The first-order valence-corrected chi connectivity index (χ1v) is 32.3. The second kappa shape index (κ2) is 61.6. The third kappa shape index (κ3) is 57.4.